The molecule has 0 bridgehead atoms. The molecule has 5 nitrogen and oxygen atoms in total. The lowest BCUT2D eigenvalue weighted by atomic mass is 9.98. The highest BCUT2D eigenvalue weighted by Crippen LogP contribution is 2.27. The van der Waals surface area contributed by atoms with Crippen molar-refractivity contribution in [3.05, 3.63) is 99.5 Å². The Morgan fingerprint density at radius 1 is 0.967 bits per heavy atom. The molecule has 0 aliphatic carbocycles. The number of amides is 1. The maximum absolute atomic E-state index is 12.8. The summed E-state index contributed by atoms with van der Waals surface area (Å²) in [7, 11) is 0. The van der Waals surface area contributed by atoms with Crippen molar-refractivity contribution in [2.24, 2.45) is 0 Å². The van der Waals surface area contributed by atoms with Gasteiger partial charge in [-0.05, 0) is 35.4 Å². The predicted octanol–water partition coefficient (Wildman–Crippen LogP) is 4.60. The van der Waals surface area contributed by atoms with Crippen LogP contribution >= 0.6 is 11.9 Å². The number of H-pyrrole nitrogens is 1. The summed E-state index contributed by atoms with van der Waals surface area (Å²) in [6.07, 6.45) is -2.81. The van der Waals surface area contributed by atoms with Gasteiger partial charge in [0.05, 0.1) is 6.04 Å². The molecule has 0 aliphatic rings. The number of anilines is 1. The van der Waals surface area contributed by atoms with Crippen LogP contribution in [0.4, 0.5) is 18.9 Å². The lowest BCUT2D eigenvalue weighted by Crippen LogP contribution is -2.34. The molecule has 3 N–H and O–H groups in total. The van der Waals surface area contributed by atoms with Gasteiger partial charge in [0.1, 0.15) is 11.3 Å². The van der Waals surface area contributed by atoms with Crippen LogP contribution in [0.3, 0.4) is 0 Å². The Morgan fingerprint density at radius 3 is 2.17 bits per heavy atom. The standard InChI is InChI=1S/C21H18F3N3O2S/c1-30-27-15-9-7-14(8-10-15)18(13-5-3-2-4-6-13)26-20(29)16-11-12-17(21(22,23)24)25-19(16)28/h2-12,18,27H,1H3,(H,25,28)(H,26,29). The van der Waals surface area contributed by atoms with E-state index in [4.69, 9.17) is 0 Å². The summed E-state index contributed by atoms with van der Waals surface area (Å²) in [5.74, 6) is -0.773. The molecule has 1 atom stereocenters. The van der Waals surface area contributed by atoms with E-state index in [2.05, 4.69) is 10.0 Å². The summed E-state index contributed by atoms with van der Waals surface area (Å²) in [6.45, 7) is 0. The average Bonchev–Trinajstić information content (AvgIpc) is 2.72. The fourth-order valence-corrected chi connectivity index (χ4v) is 3.26. The average molecular weight is 433 g/mol. The number of carbonyl (C=O) groups is 1. The molecule has 30 heavy (non-hydrogen) atoms. The molecule has 1 amide bonds. The van der Waals surface area contributed by atoms with Gasteiger partial charge in [-0.1, -0.05) is 54.4 Å². The van der Waals surface area contributed by atoms with Gasteiger partial charge in [-0.3, -0.25) is 9.59 Å². The van der Waals surface area contributed by atoms with E-state index in [9.17, 15) is 22.8 Å². The second kappa shape index (κ2) is 9.08. The molecule has 2 aromatic carbocycles. The number of pyridine rings is 1. The summed E-state index contributed by atoms with van der Waals surface area (Å²) in [5, 5.41) is 2.75. The highest BCUT2D eigenvalue weighted by atomic mass is 32.2. The molecule has 0 radical (unpaired) electrons. The van der Waals surface area contributed by atoms with Crippen molar-refractivity contribution in [1.29, 1.82) is 0 Å². The highest BCUT2D eigenvalue weighted by molar-refractivity contribution is 7.99. The fraction of sp³-hybridized carbons (Fsp3) is 0.143. The van der Waals surface area contributed by atoms with E-state index >= 15 is 0 Å². The first kappa shape index (κ1) is 21.5. The van der Waals surface area contributed by atoms with Crippen LogP contribution in [0.2, 0.25) is 0 Å². The summed E-state index contributed by atoms with van der Waals surface area (Å²) >= 11 is 1.44. The Kier molecular flexibility index (Phi) is 6.51. The van der Waals surface area contributed by atoms with Crippen LogP contribution in [-0.4, -0.2) is 17.1 Å². The first-order chi connectivity index (χ1) is 14.3. The predicted molar refractivity (Wildman–Crippen MR) is 111 cm³/mol. The molecule has 0 saturated carbocycles. The zero-order chi connectivity index (χ0) is 21.7. The Labute approximate surface area is 174 Å². The molecule has 0 saturated heterocycles. The molecule has 3 rings (SSSR count). The number of carbonyl (C=O) groups excluding carboxylic acids is 1. The van der Waals surface area contributed by atoms with E-state index in [1.54, 1.807) is 4.98 Å². The van der Waals surface area contributed by atoms with Crippen LogP contribution in [0.1, 0.15) is 33.2 Å². The van der Waals surface area contributed by atoms with E-state index in [0.29, 0.717) is 6.07 Å². The molecular formula is C21H18F3N3O2S. The third-order valence-corrected chi connectivity index (χ3v) is 4.77. The van der Waals surface area contributed by atoms with Crippen LogP contribution in [0, 0.1) is 0 Å². The van der Waals surface area contributed by atoms with Gasteiger partial charge in [0.2, 0.25) is 0 Å². The minimum atomic E-state index is -4.70. The summed E-state index contributed by atoms with van der Waals surface area (Å²) in [4.78, 5) is 26.5. The maximum atomic E-state index is 12.8. The Balaban J connectivity index is 1.92. The van der Waals surface area contributed by atoms with E-state index in [1.807, 2.05) is 60.9 Å². The molecule has 1 heterocycles. The van der Waals surface area contributed by atoms with Crippen LogP contribution in [0.25, 0.3) is 0 Å². The first-order valence-corrected chi connectivity index (χ1v) is 10.1. The number of aromatic nitrogens is 1. The lowest BCUT2D eigenvalue weighted by Gasteiger charge is -2.20. The fourth-order valence-electron chi connectivity index (χ4n) is 2.89. The smallest absolute Gasteiger partial charge is 0.341 e. The molecule has 0 spiro atoms. The van der Waals surface area contributed by atoms with Crippen molar-refractivity contribution in [3.63, 3.8) is 0 Å². The summed E-state index contributed by atoms with van der Waals surface area (Å²) in [5.41, 5.74) is -0.313. The molecule has 1 aromatic heterocycles. The normalized spacial score (nSPS) is 12.3. The van der Waals surface area contributed by atoms with E-state index in [0.717, 1.165) is 22.9 Å². The van der Waals surface area contributed by atoms with Crippen LogP contribution in [0.15, 0.2) is 71.5 Å². The molecule has 1 unspecified atom stereocenters. The number of nitrogens with one attached hydrogen (secondary N) is 3. The van der Waals surface area contributed by atoms with Crippen molar-refractivity contribution < 1.29 is 18.0 Å². The SMILES string of the molecule is CSNc1ccc(C(NC(=O)c2ccc(C(F)(F)F)[nH]c2=O)c2ccccc2)cc1. The van der Waals surface area contributed by atoms with Crippen molar-refractivity contribution >= 4 is 23.5 Å². The third kappa shape index (κ3) is 5.04. The van der Waals surface area contributed by atoms with Gasteiger partial charge in [-0.2, -0.15) is 13.2 Å². The second-order valence-corrected chi connectivity index (χ2v) is 6.97. The molecular weight excluding hydrogens is 415 g/mol. The molecule has 0 fully saturated rings. The number of halogens is 3. The zero-order valence-corrected chi connectivity index (χ0v) is 16.6. The number of aromatic amines is 1. The van der Waals surface area contributed by atoms with E-state index in [-0.39, 0.29) is 0 Å². The van der Waals surface area contributed by atoms with Gasteiger partial charge >= 0.3 is 6.18 Å². The van der Waals surface area contributed by atoms with Gasteiger partial charge in [-0.25, -0.2) is 0 Å². The van der Waals surface area contributed by atoms with Crippen LogP contribution < -0.4 is 15.6 Å². The number of benzene rings is 2. The number of rotatable bonds is 6. The quantitative estimate of drug-likeness (QED) is 0.497. The highest BCUT2D eigenvalue weighted by Gasteiger charge is 2.32. The largest absolute Gasteiger partial charge is 0.431 e. The topological polar surface area (TPSA) is 74.0 Å². The Morgan fingerprint density at radius 2 is 1.60 bits per heavy atom. The van der Waals surface area contributed by atoms with Crippen LogP contribution in [0.5, 0.6) is 0 Å². The molecule has 156 valence electrons. The van der Waals surface area contributed by atoms with Gasteiger partial charge < -0.3 is 15.0 Å². The van der Waals surface area contributed by atoms with Gasteiger partial charge in [0.25, 0.3) is 11.5 Å². The maximum Gasteiger partial charge on any atom is 0.431 e. The first-order valence-electron chi connectivity index (χ1n) is 8.85. The van der Waals surface area contributed by atoms with Gasteiger partial charge in [-0.15, -0.1) is 0 Å². The Hall–Kier alpha value is -3.20. The third-order valence-electron chi connectivity index (χ3n) is 4.33. The number of hydrogen-bond donors (Lipinski definition) is 3. The lowest BCUT2D eigenvalue weighted by molar-refractivity contribution is -0.141. The molecule has 3 aromatic rings. The minimum absolute atomic E-state index is 0.399. The van der Waals surface area contributed by atoms with Crippen molar-refractivity contribution in [2.75, 3.05) is 11.0 Å². The van der Waals surface area contributed by atoms with Crippen molar-refractivity contribution in [1.82, 2.24) is 10.3 Å². The summed E-state index contributed by atoms with van der Waals surface area (Å²) < 4.78 is 41.4. The monoisotopic (exact) mass is 433 g/mol. The molecule has 0 aliphatic heterocycles. The zero-order valence-electron chi connectivity index (χ0n) is 15.8. The minimum Gasteiger partial charge on any atom is -0.341 e. The van der Waals surface area contributed by atoms with Crippen LogP contribution in [-0.2, 0) is 6.18 Å². The Bertz CT molecular complexity index is 1070. The van der Waals surface area contributed by atoms with Crippen molar-refractivity contribution in [2.45, 2.75) is 12.2 Å². The van der Waals surface area contributed by atoms with E-state index < -0.39 is 34.9 Å². The summed E-state index contributed by atoms with van der Waals surface area (Å²) in [6, 6.07) is 17.4. The van der Waals surface area contributed by atoms with Crippen molar-refractivity contribution in [3.8, 4) is 0 Å². The van der Waals surface area contributed by atoms with Gasteiger partial charge in [0, 0.05) is 11.9 Å². The number of alkyl halides is 3. The van der Waals surface area contributed by atoms with E-state index in [1.165, 1.54) is 11.9 Å². The molecule has 9 heteroatoms. The number of hydrogen-bond acceptors (Lipinski definition) is 4. The second-order valence-electron chi connectivity index (χ2n) is 6.36. The van der Waals surface area contributed by atoms with Gasteiger partial charge in [0.15, 0.2) is 0 Å².